The molecule has 0 aliphatic carbocycles. The molecule has 0 saturated heterocycles. The minimum absolute atomic E-state index is 0.586. The lowest BCUT2D eigenvalue weighted by molar-refractivity contribution is 0.299. The predicted molar refractivity (Wildman–Crippen MR) is 69.5 cm³/mol. The standard InChI is InChI=1S/C12H22N4O/c1-4-9-16(5-2)10-8-14-12-13-7-6-11(15-12)17-3/h6-7H,4-5,8-10H2,1-3H3,(H,13,14,15). The number of rotatable bonds is 8. The smallest absolute Gasteiger partial charge is 0.225 e. The molecule has 0 amide bonds. The summed E-state index contributed by atoms with van der Waals surface area (Å²) in [5.41, 5.74) is 0. The lowest BCUT2D eigenvalue weighted by Gasteiger charge is -2.19. The van der Waals surface area contributed by atoms with E-state index in [2.05, 4.69) is 34.0 Å². The lowest BCUT2D eigenvalue weighted by Crippen LogP contribution is -2.29. The minimum Gasteiger partial charge on any atom is -0.481 e. The Hall–Kier alpha value is -1.36. The van der Waals surface area contributed by atoms with Crippen molar-refractivity contribution in [2.75, 3.05) is 38.6 Å². The maximum Gasteiger partial charge on any atom is 0.225 e. The van der Waals surface area contributed by atoms with Gasteiger partial charge in [0.05, 0.1) is 7.11 Å². The summed E-state index contributed by atoms with van der Waals surface area (Å²) in [5.74, 6) is 1.21. The van der Waals surface area contributed by atoms with Gasteiger partial charge >= 0.3 is 0 Å². The Kier molecular flexibility index (Phi) is 6.32. The first-order valence-electron chi connectivity index (χ1n) is 6.13. The highest BCUT2D eigenvalue weighted by Crippen LogP contribution is 2.06. The van der Waals surface area contributed by atoms with Gasteiger partial charge in [-0.25, -0.2) is 4.98 Å². The molecule has 5 nitrogen and oxygen atoms in total. The van der Waals surface area contributed by atoms with Gasteiger partial charge in [0.15, 0.2) is 0 Å². The van der Waals surface area contributed by atoms with Crippen molar-refractivity contribution in [1.29, 1.82) is 0 Å². The Morgan fingerprint density at radius 2 is 2.18 bits per heavy atom. The van der Waals surface area contributed by atoms with Gasteiger partial charge in [-0.2, -0.15) is 4.98 Å². The average molecular weight is 238 g/mol. The van der Waals surface area contributed by atoms with Crippen molar-refractivity contribution in [3.63, 3.8) is 0 Å². The summed E-state index contributed by atoms with van der Waals surface area (Å²) in [6, 6.07) is 1.74. The van der Waals surface area contributed by atoms with Crippen molar-refractivity contribution in [1.82, 2.24) is 14.9 Å². The first kappa shape index (κ1) is 13.7. The van der Waals surface area contributed by atoms with Gasteiger partial charge in [-0.1, -0.05) is 13.8 Å². The topological polar surface area (TPSA) is 50.3 Å². The van der Waals surface area contributed by atoms with Crippen LogP contribution in [0.5, 0.6) is 5.88 Å². The number of hydrogen-bond acceptors (Lipinski definition) is 5. The summed E-state index contributed by atoms with van der Waals surface area (Å²) in [4.78, 5) is 10.7. The van der Waals surface area contributed by atoms with Crippen molar-refractivity contribution in [3.8, 4) is 5.88 Å². The summed E-state index contributed by atoms with van der Waals surface area (Å²) >= 11 is 0. The van der Waals surface area contributed by atoms with E-state index in [0.29, 0.717) is 11.8 Å². The van der Waals surface area contributed by atoms with Gasteiger partial charge in [0.2, 0.25) is 11.8 Å². The van der Waals surface area contributed by atoms with E-state index in [9.17, 15) is 0 Å². The van der Waals surface area contributed by atoms with E-state index in [1.807, 2.05) is 0 Å². The molecule has 0 bridgehead atoms. The van der Waals surface area contributed by atoms with E-state index in [1.165, 1.54) is 6.42 Å². The molecular weight excluding hydrogens is 216 g/mol. The Balaban J connectivity index is 2.34. The number of nitrogens with zero attached hydrogens (tertiary/aromatic N) is 3. The van der Waals surface area contributed by atoms with Gasteiger partial charge in [-0.05, 0) is 19.5 Å². The van der Waals surface area contributed by atoms with Crippen LogP contribution in [-0.4, -0.2) is 48.2 Å². The Morgan fingerprint density at radius 3 is 2.82 bits per heavy atom. The number of likely N-dealkylation sites (N-methyl/N-ethyl adjacent to an activating group) is 1. The molecule has 0 aromatic carbocycles. The van der Waals surface area contributed by atoms with E-state index in [4.69, 9.17) is 4.74 Å². The predicted octanol–water partition coefficient (Wildman–Crippen LogP) is 1.63. The average Bonchev–Trinajstić information content (AvgIpc) is 2.38. The molecule has 0 atom stereocenters. The van der Waals surface area contributed by atoms with Crippen LogP contribution in [0.4, 0.5) is 5.95 Å². The fourth-order valence-corrected chi connectivity index (χ4v) is 1.61. The van der Waals surface area contributed by atoms with Gasteiger partial charge in [-0.3, -0.25) is 0 Å². The van der Waals surface area contributed by atoms with Gasteiger partial charge in [0.25, 0.3) is 0 Å². The fourth-order valence-electron chi connectivity index (χ4n) is 1.61. The third kappa shape index (κ3) is 4.99. The van der Waals surface area contributed by atoms with Crippen LogP contribution in [-0.2, 0) is 0 Å². The summed E-state index contributed by atoms with van der Waals surface area (Å²) in [6.07, 6.45) is 2.88. The molecule has 1 rings (SSSR count). The number of aromatic nitrogens is 2. The highest BCUT2D eigenvalue weighted by atomic mass is 16.5. The van der Waals surface area contributed by atoms with Gasteiger partial charge < -0.3 is 15.0 Å². The highest BCUT2D eigenvalue weighted by Gasteiger charge is 2.01. The molecule has 5 heteroatoms. The normalized spacial score (nSPS) is 10.6. The van der Waals surface area contributed by atoms with E-state index in [0.717, 1.165) is 26.2 Å². The van der Waals surface area contributed by atoms with Crippen LogP contribution in [0, 0.1) is 0 Å². The lowest BCUT2D eigenvalue weighted by atomic mass is 10.4. The second kappa shape index (κ2) is 7.84. The summed E-state index contributed by atoms with van der Waals surface area (Å²) in [5, 5.41) is 3.20. The molecule has 1 aromatic rings. The zero-order valence-electron chi connectivity index (χ0n) is 10.9. The molecule has 96 valence electrons. The number of hydrogen-bond donors (Lipinski definition) is 1. The van der Waals surface area contributed by atoms with E-state index in [-0.39, 0.29) is 0 Å². The van der Waals surface area contributed by atoms with Crippen molar-refractivity contribution in [2.45, 2.75) is 20.3 Å². The Morgan fingerprint density at radius 1 is 1.35 bits per heavy atom. The van der Waals surface area contributed by atoms with Gasteiger partial charge in [-0.15, -0.1) is 0 Å². The van der Waals surface area contributed by atoms with E-state index < -0.39 is 0 Å². The van der Waals surface area contributed by atoms with Crippen molar-refractivity contribution in [2.24, 2.45) is 0 Å². The third-order valence-corrected chi connectivity index (χ3v) is 2.54. The molecule has 1 heterocycles. The van der Waals surface area contributed by atoms with Gasteiger partial charge in [0.1, 0.15) is 0 Å². The number of methoxy groups -OCH3 is 1. The largest absolute Gasteiger partial charge is 0.481 e. The van der Waals surface area contributed by atoms with E-state index in [1.54, 1.807) is 19.4 Å². The zero-order chi connectivity index (χ0) is 12.5. The van der Waals surface area contributed by atoms with Crippen LogP contribution in [0.25, 0.3) is 0 Å². The summed E-state index contributed by atoms with van der Waals surface area (Å²) < 4.78 is 5.04. The number of anilines is 1. The molecule has 0 saturated carbocycles. The molecule has 0 spiro atoms. The Bertz CT molecular complexity index is 319. The molecule has 17 heavy (non-hydrogen) atoms. The van der Waals surface area contributed by atoms with Crippen molar-refractivity contribution >= 4 is 5.95 Å². The highest BCUT2D eigenvalue weighted by molar-refractivity contribution is 5.27. The van der Waals surface area contributed by atoms with Gasteiger partial charge in [0, 0.05) is 25.4 Å². The maximum absolute atomic E-state index is 5.04. The van der Waals surface area contributed by atoms with Crippen LogP contribution in [0.2, 0.25) is 0 Å². The second-order valence-electron chi connectivity index (χ2n) is 3.78. The maximum atomic E-state index is 5.04. The fraction of sp³-hybridized carbons (Fsp3) is 0.667. The summed E-state index contributed by atoms with van der Waals surface area (Å²) in [7, 11) is 1.60. The molecule has 0 radical (unpaired) electrons. The number of ether oxygens (including phenoxy) is 1. The van der Waals surface area contributed by atoms with E-state index >= 15 is 0 Å². The molecule has 1 aromatic heterocycles. The molecule has 0 aliphatic rings. The van der Waals surface area contributed by atoms with Crippen molar-refractivity contribution in [3.05, 3.63) is 12.3 Å². The third-order valence-electron chi connectivity index (χ3n) is 2.54. The van der Waals surface area contributed by atoms with Crippen LogP contribution in [0.1, 0.15) is 20.3 Å². The first-order valence-corrected chi connectivity index (χ1v) is 6.13. The monoisotopic (exact) mass is 238 g/mol. The Labute approximate surface area is 103 Å². The second-order valence-corrected chi connectivity index (χ2v) is 3.78. The van der Waals surface area contributed by atoms with Crippen LogP contribution in [0.3, 0.4) is 0 Å². The van der Waals surface area contributed by atoms with Crippen LogP contribution < -0.4 is 10.1 Å². The summed E-state index contributed by atoms with van der Waals surface area (Å²) in [6.45, 7) is 8.44. The molecule has 0 unspecified atom stereocenters. The molecule has 0 fully saturated rings. The molecule has 0 aliphatic heterocycles. The number of nitrogens with one attached hydrogen (secondary N) is 1. The van der Waals surface area contributed by atoms with Crippen LogP contribution in [0.15, 0.2) is 12.3 Å². The quantitative estimate of drug-likeness (QED) is 0.746. The minimum atomic E-state index is 0.586. The molecule has 1 N–H and O–H groups in total. The first-order chi connectivity index (χ1) is 8.30. The van der Waals surface area contributed by atoms with Crippen molar-refractivity contribution < 1.29 is 4.74 Å². The molecular formula is C12H22N4O. The van der Waals surface area contributed by atoms with Crippen LogP contribution >= 0.6 is 0 Å². The zero-order valence-corrected chi connectivity index (χ0v) is 10.9. The SMILES string of the molecule is CCCN(CC)CCNc1nccc(OC)n1.